The summed E-state index contributed by atoms with van der Waals surface area (Å²) in [4.78, 5) is 26.1. The predicted octanol–water partition coefficient (Wildman–Crippen LogP) is 2.18. The molecule has 3 rings (SSSR count). The predicted molar refractivity (Wildman–Crippen MR) is 109 cm³/mol. The number of nitrogens with zero attached hydrogens (tertiary/aromatic N) is 1. The van der Waals surface area contributed by atoms with Crippen molar-refractivity contribution in [3.63, 3.8) is 0 Å². The first-order chi connectivity index (χ1) is 14.1. The zero-order valence-electron chi connectivity index (χ0n) is 16.7. The Morgan fingerprint density at radius 3 is 2.45 bits per heavy atom. The molecule has 0 radical (unpaired) electrons. The number of methoxy groups -OCH3 is 1. The molecule has 2 aromatic carbocycles. The molecule has 7 nitrogen and oxygen atoms in total. The normalized spacial score (nSPS) is 16.4. The third kappa shape index (κ3) is 5.48. The smallest absolute Gasteiger partial charge is 0.344 e. The number of nitrogens with one attached hydrogen (secondary N) is 1. The summed E-state index contributed by atoms with van der Waals surface area (Å²) < 4.78 is 15.4. The number of carbonyl (C=O) groups is 2. The van der Waals surface area contributed by atoms with Crippen LogP contribution in [0, 0.1) is 0 Å². The van der Waals surface area contributed by atoms with Crippen LogP contribution < -0.4 is 19.7 Å². The van der Waals surface area contributed by atoms with Crippen LogP contribution in [0.5, 0.6) is 11.5 Å². The summed E-state index contributed by atoms with van der Waals surface area (Å²) in [6.07, 6.45) is 0.611. The molecule has 29 heavy (non-hydrogen) atoms. The van der Waals surface area contributed by atoms with Crippen molar-refractivity contribution >= 4 is 17.6 Å². The van der Waals surface area contributed by atoms with Gasteiger partial charge in [0.2, 0.25) is 5.91 Å². The highest BCUT2D eigenvalue weighted by Crippen LogP contribution is 2.22. The van der Waals surface area contributed by atoms with Gasteiger partial charge >= 0.3 is 5.97 Å². The molecule has 1 saturated heterocycles. The molecular formula is C22H26N2O5. The fraction of sp³-hybridized carbons (Fsp3) is 0.364. The summed E-state index contributed by atoms with van der Waals surface area (Å²) in [6.45, 7) is 3.25. The van der Waals surface area contributed by atoms with E-state index in [1.165, 1.54) is 0 Å². The number of amides is 1. The van der Waals surface area contributed by atoms with Crippen molar-refractivity contribution in [2.45, 2.75) is 19.4 Å². The van der Waals surface area contributed by atoms with Crippen LogP contribution in [0.15, 0.2) is 48.5 Å². The highest BCUT2D eigenvalue weighted by molar-refractivity contribution is 5.98. The molecule has 0 spiro atoms. The second-order valence-corrected chi connectivity index (χ2v) is 6.64. The maximum Gasteiger partial charge on any atom is 0.344 e. The lowest BCUT2D eigenvalue weighted by Gasteiger charge is -2.33. The van der Waals surface area contributed by atoms with Crippen molar-refractivity contribution in [3.8, 4) is 11.5 Å². The van der Waals surface area contributed by atoms with Crippen LogP contribution >= 0.6 is 0 Å². The molecule has 154 valence electrons. The van der Waals surface area contributed by atoms with Crippen LogP contribution in [0.25, 0.3) is 0 Å². The van der Waals surface area contributed by atoms with Gasteiger partial charge in [-0.15, -0.1) is 0 Å². The van der Waals surface area contributed by atoms with Crippen molar-refractivity contribution < 1.29 is 23.8 Å². The van der Waals surface area contributed by atoms with E-state index in [4.69, 9.17) is 14.2 Å². The minimum atomic E-state index is -0.407. The summed E-state index contributed by atoms with van der Waals surface area (Å²) in [6, 6.07) is 14.6. The molecule has 0 bridgehead atoms. The average molecular weight is 398 g/mol. The fourth-order valence-electron chi connectivity index (χ4n) is 3.22. The summed E-state index contributed by atoms with van der Waals surface area (Å²) in [5, 5.41) is 3.30. The van der Waals surface area contributed by atoms with Crippen molar-refractivity contribution in [2.24, 2.45) is 0 Å². The molecule has 0 aromatic heterocycles. The Hall–Kier alpha value is -3.06. The lowest BCUT2D eigenvalue weighted by Crippen LogP contribution is -2.56. The Bertz CT molecular complexity index is 820. The Morgan fingerprint density at radius 1 is 1.10 bits per heavy atom. The summed E-state index contributed by atoms with van der Waals surface area (Å²) in [5.74, 6) is 0.977. The fourth-order valence-corrected chi connectivity index (χ4v) is 3.22. The number of piperazine rings is 1. The number of rotatable bonds is 8. The summed E-state index contributed by atoms with van der Waals surface area (Å²) in [5.41, 5.74) is 1.88. The average Bonchev–Trinajstić information content (AvgIpc) is 2.75. The van der Waals surface area contributed by atoms with Crippen LogP contribution in [0.4, 0.5) is 5.69 Å². The monoisotopic (exact) mass is 398 g/mol. The van der Waals surface area contributed by atoms with Gasteiger partial charge in [-0.3, -0.25) is 4.79 Å². The van der Waals surface area contributed by atoms with E-state index in [0.29, 0.717) is 31.9 Å². The van der Waals surface area contributed by atoms with Crippen LogP contribution in [0.3, 0.4) is 0 Å². The zero-order chi connectivity index (χ0) is 20.6. The molecule has 1 unspecified atom stereocenters. The molecule has 2 aromatic rings. The molecule has 0 aliphatic carbocycles. The van der Waals surface area contributed by atoms with Gasteiger partial charge in [0.1, 0.15) is 11.5 Å². The van der Waals surface area contributed by atoms with Gasteiger partial charge in [-0.1, -0.05) is 12.1 Å². The Balaban J connectivity index is 1.61. The first-order valence-corrected chi connectivity index (χ1v) is 9.67. The van der Waals surface area contributed by atoms with Gasteiger partial charge in [0, 0.05) is 18.8 Å². The number of ether oxygens (including phenoxy) is 3. The zero-order valence-corrected chi connectivity index (χ0v) is 16.7. The molecule has 0 saturated carbocycles. The van der Waals surface area contributed by atoms with Gasteiger partial charge < -0.3 is 24.4 Å². The molecule has 7 heteroatoms. The Labute approximate surface area is 170 Å². The van der Waals surface area contributed by atoms with E-state index < -0.39 is 5.97 Å². The molecule has 1 amide bonds. The number of hydrogen-bond acceptors (Lipinski definition) is 6. The maximum atomic E-state index is 13.0. The number of esters is 1. The minimum Gasteiger partial charge on any atom is -0.497 e. The van der Waals surface area contributed by atoms with Gasteiger partial charge in [0.05, 0.1) is 19.8 Å². The second-order valence-electron chi connectivity index (χ2n) is 6.64. The third-order valence-corrected chi connectivity index (χ3v) is 4.70. The lowest BCUT2D eigenvalue weighted by atomic mass is 10.0. The SMILES string of the molecule is CCOC(=O)COc1ccc(N2CCNC(Cc3ccc(OC)cc3)C2=O)cc1. The van der Waals surface area contributed by atoms with E-state index in [1.54, 1.807) is 31.1 Å². The topological polar surface area (TPSA) is 77.1 Å². The Morgan fingerprint density at radius 2 is 1.79 bits per heavy atom. The quantitative estimate of drug-likeness (QED) is 0.687. The first-order valence-electron chi connectivity index (χ1n) is 9.67. The first kappa shape index (κ1) is 20.7. The number of hydrogen-bond donors (Lipinski definition) is 1. The van der Waals surface area contributed by atoms with Crippen molar-refractivity contribution in [2.75, 3.05) is 38.3 Å². The minimum absolute atomic E-state index is 0.0345. The van der Waals surface area contributed by atoms with Gasteiger partial charge in [0.15, 0.2) is 6.61 Å². The van der Waals surface area contributed by atoms with E-state index >= 15 is 0 Å². The Kier molecular flexibility index (Phi) is 7.08. The third-order valence-electron chi connectivity index (χ3n) is 4.70. The van der Waals surface area contributed by atoms with Gasteiger partial charge in [-0.2, -0.15) is 0 Å². The highest BCUT2D eigenvalue weighted by atomic mass is 16.6. The van der Waals surface area contributed by atoms with E-state index in [1.807, 2.05) is 36.4 Å². The van der Waals surface area contributed by atoms with E-state index in [-0.39, 0.29) is 18.6 Å². The summed E-state index contributed by atoms with van der Waals surface area (Å²) in [7, 11) is 1.63. The van der Waals surface area contributed by atoms with Crippen LogP contribution in [-0.4, -0.2) is 51.3 Å². The van der Waals surface area contributed by atoms with Gasteiger partial charge in [-0.25, -0.2) is 4.79 Å². The molecular weight excluding hydrogens is 372 g/mol. The van der Waals surface area contributed by atoms with Gasteiger partial charge in [0.25, 0.3) is 0 Å². The van der Waals surface area contributed by atoms with Gasteiger partial charge in [-0.05, 0) is 55.3 Å². The number of anilines is 1. The van der Waals surface area contributed by atoms with Crippen LogP contribution in [0.2, 0.25) is 0 Å². The molecule has 1 heterocycles. The van der Waals surface area contributed by atoms with Crippen LogP contribution in [0.1, 0.15) is 12.5 Å². The highest BCUT2D eigenvalue weighted by Gasteiger charge is 2.29. The summed E-state index contributed by atoms with van der Waals surface area (Å²) >= 11 is 0. The lowest BCUT2D eigenvalue weighted by molar-refractivity contribution is -0.145. The molecule has 1 aliphatic heterocycles. The molecule has 1 aliphatic rings. The molecule has 1 fully saturated rings. The van der Waals surface area contributed by atoms with Crippen molar-refractivity contribution in [3.05, 3.63) is 54.1 Å². The van der Waals surface area contributed by atoms with Crippen molar-refractivity contribution in [1.29, 1.82) is 0 Å². The largest absolute Gasteiger partial charge is 0.497 e. The van der Waals surface area contributed by atoms with Crippen molar-refractivity contribution in [1.82, 2.24) is 5.32 Å². The molecule has 1 N–H and O–H groups in total. The standard InChI is InChI=1S/C22H26N2O5/c1-3-28-21(25)15-29-19-10-6-17(7-11-19)24-13-12-23-20(22(24)26)14-16-4-8-18(27-2)9-5-16/h4-11,20,23H,3,12-15H2,1-2H3. The van der Waals surface area contributed by atoms with E-state index in [9.17, 15) is 9.59 Å². The van der Waals surface area contributed by atoms with E-state index in [2.05, 4.69) is 5.32 Å². The second kappa shape index (κ2) is 9.93. The van der Waals surface area contributed by atoms with Crippen LogP contribution in [-0.2, 0) is 20.7 Å². The van der Waals surface area contributed by atoms with E-state index in [0.717, 1.165) is 17.0 Å². The maximum absolute atomic E-state index is 13.0. The number of benzene rings is 2. The number of carbonyl (C=O) groups excluding carboxylic acids is 2. The molecule has 1 atom stereocenters.